The van der Waals surface area contributed by atoms with E-state index < -0.39 is 0 Å². The van der Waals surface area contributed by atoms with Gasteiger partial charge in [0.15, 0.2) is 0 Å². The van der Waals surface area contributed by atoms with Gasteiger partial charge >= 0.3 is 0 Å². The van der Waals surface area contributed by atoms with Crippen LogP contribution < -0.4 is 5.43 Å². The number of carbonyl (C=O) groups excluding carboxylic acids is 2. The summed E-state index contributed by atoms with van der Waals surface area (Å²) >= 11 is 0. The molecule has 3 rings (SSSR count). The standard InChI is InChI=1S/C15H22N2O2/c1-14(2)7-10(6-11(18)8-14)16-17-13(19)12-9-15(12)4-3-5-15/h12H,3-9H2,1-2H3,(H,17,19)/t12-/m0/s1. The van der Waals surface area contributed by atoms with Crippen LogP contribution in [0.15, 0.2) is 5.10 Å². The van der Waals surface area contributed by atoms with Crippen LogP contribution in [-0.4, -0.2) is 17.4 Å². The zero-order chi connectivity index (χ0) is 13.7. The summed E-state index contributed by atoms with van der Waals surface area (Å²) in [7, 11) is 0. The molecular weight excluding hydrogens is 240 g/mol. The number of hydrazone groups is 1. The van der Waals surface area contributed by atoms with Gasteiger partial charge in [-0.2, -0.15) is 5.10 Å². The number of hydrogen-bond acceptors (Lipinski definition) is 3. The number of nitrogens with zero attached hydrogens (tertiary/aromatic N) is 1. The van der Waals surface area contributed by atoms with E-state index in [1.54, 1.807) is 0 Å². The molecule has 1 N–H and O–H groups in total. The van der Waals surface area contributed by atoms with Gasteiger partial charge in [0.1, 0.15) is 5.78 Å². The monoisotopic (exact) mass is 262 g/mol. The zero-order valence-corrected chi connectivity index (χ0v) is 11.8. The van der Waals surface area contributed by atoms with Gasteiger partial charge < -0.3 is 0 Å². The Kier molecular flexibility index (Phi) is 2.80. The van der Waals surface area contributed by atoms with Crippen LogP contribution in [-0.2, 0) is 9.59 Å². The maximum atomic E-state index is 12.0. The van der Waals surface area contributed by atoms with E-state index in [0.29, 0.717) is 18.3 Å². The van der Waals surface area contributed by atoms with E-state index in [1.807, 2.05) is 0 Å². The second-order valence-corrected chi connectivity index (χ2v) is 7.36. The minimum Gasteiger partial charge on any atom is -0.299 e. The minimum atomic E-state index is -0.0202. The highest BCUT2D eigenvalue weighted by atomic mass is 16.2. The third kappa shape index (κ3) is 2.45. The van der Waals surface area contributed by atoms with Crippen molar-refractivity contribution in [3.8, 4) is 0 Å². The van der Waals surface area contributed by atoms with Crippen LogP contribution in [0.2, 0.25) is 0 Å². The summed E-state index contributed by atoms with van der Waals surface area (Å²) in [5.41, 5.74) is 3.84. The van der Waals surface area contributed by atoms with Crippen molar-refractivity contribution in [3.05, 3.63) is 0 Å². The van der Waals surface area contributed by atoms with Gasteiger partial charge in [-0.05, 0) is 36.5 Å². The molecule has 1 spiro atoms. The molecule has 0 bridgehead atoms. The Morgan fingerprint density at radius 2 is 2.05 bits per heavy atom. The molecule has 0 saturated heterocycles. The Bertz CT molecular complexity index is 461. The van der Waals surface area contributed by atoms with Crippen LogP contribution in [0, 0.1) is 16.7 Å². The van der Waals surface area contributed by atoms with Crippen LogP contribution >= 0.6 is 0 Å². The smallest absolute Gasteiger partial charge is 0.243 e. The highest BCUT2D eigenvalue weighted by Gasteiger charge is 2.60. The average molecular weight is 262 g/mol. The minimum absolute atomic E-state index is 0.0202. The van der Waals surface area contributed by atoms with E-state index in [1.165, 1.54) is 19.3 Å². The first-order chi connectivity index (χ1) is 8.90. The molecule has 3 saturated carbocycles. The van der Waals surface area contributed by atoms with Gasteiger partial charge in [-0.1, -0.05) is 20.3 Å². The number of nitrogens with one attached hydrogen (secondary N) is 1. The normalized spacial score (nSPS) is 33.1. The molecular formula is C15H22N2O2. The van der Waals surface area contributed by atoms with Crippen LogP contribution in [0.3, 0.4) is 0 Å². The molecule has 0 aromatic carbocycles. The van der Waals surface area contributed by atoms with Crippen LogP contribution in [0.5, 0.6) is 0 Å². The van der Waals surface area contributed by atoms with E-state index in [-0.39, 0.29) is 23.0 Å². The number of amides is 1. The molecule has 4 heteroatoms. The summed E-state index contributed by atoms with van der Waals surface area (Å²) in [6.07, 6.45) is 6.52. The maximum Gasteiger partial charge on any atom is 0.243 e. The van der Waals surface area contributed by atoms with Crippen molar-refractivity contribution in [2.45, 2.75) is 58.8 Å². The first kappa shape index (κ1) is 12.8. The van der Waals surface area contributed by atoms with Crippen molar-refractivity contribution in [3.63, 3.8) is 0 Å². The van der Waals surface area contributed by atoms with Gasteiger partial charge in [0.25, 0.3) is 0 Å². The summed E-state index contributed by atoms with van der Waals surface area (Å²) in [6.45, 7) is 4.15. The van der Waals surface area contributed by atoms with Gasteiger partial charge in [-0.25, -0.2) is 5.43 Å². The van der Waals surface area contributed by atoms with Crippen molar-refractivity contribution in [1.82, 2.24) is 5.43 Å². The van der Waals surface area contributed by atoms with E-state index in [4.69, 9.17) is 0 Å². The fraction of sp³-hybridized carbons (Fsp3) is 0.800. The Labute approximate surface area is 114 Å². The van der Waals surface area contributed by atoms with Crippen LogP contribution in [0.1, 0.15) is 58.8 Å². The molecule has 1 atom stereocenters. The third-order valence-electron chi connectivity index (χ3n) is 4.94. The average Bonchev–Trinajstić information content (AvgIpc) is 2.98. The molecule has 0 heterocycles. The Balaban J connectivity index is 1.57. The summed E-state index contributed by atoms with van der Waals surface area (Å²) in [4.78, 5) is 23.6. The van der Waals surface area contributed by atoms with Gasteiger partial charge in [0.2, 0.25) is 5.91 Å². The first-order valence-corrected chi connectivity index (χ1v) is 7.27. The lowest BCUT2D eigenvalue weighted by Crippen LogP contribution is -2.32. The van der Waals surface area contributed by atoms with Crippen molar-refractivity contribution in [2.24, 2.45) is 21.8 Å². The fourth-order valence-electron chi connectivity index (χ4n) is 3.69. The predicted molar refractivity (Wildman–Crippen MR) is 72.6 cm³/mol. The maximum absolute atomic E-state index is 12.0. The molecule has 104 valence electrons. The summed E-state index contributed by atoms with van der Waals surface area (Å²) < 4.78 is 0. The molecule has 0 aromatic rings. The van der Waals surface area contributed by atoms with Crippen molar-refractivity contribution >= 4 is 17.4 Å². The van der Waals surface area contributed by atoms with Crippen molar-refractivity contribution < 1.29 is 9.59 Å². The van der Waals surface area contributed by atoms with E-state index in [0.717, 1.165) is 18.6 Å². The second kappa shape index (κ2) is 4.15. The molecule has 3 aliphatic carbocycles. The lowest BCUT2D eigenvalue weighted by atomic mass is 9.76. The Morgan fingerprint density at radius 3 is 2.58 bits per heavy atom. The molecule has 1 amide bonds. The lowest BCUT2D eigenvalue weighted by Gasteiger charge is -2.29. The molecule has 0 radical (unpaired) electrons. The Morgan fingerprint density at radius 1 is 1.32 bits per heavy atom. The zero-order valence-electron chi connectivity index (χ0n) is 11.8. The molecule has 0 aliphatic heterocycles. The summed E-state index contributed by atoms with van der Waals surface area (Å²) in [5, 5.41) is 4.21. The van der Waals surface area contributed by atoms with Crippen LogP contribution in [0.25, 0.3) is 0 Å². The largest absolute Gasteiger partial charge is 0.299 e. The number of rotatable bonds is 2. The van der Waals surface area contributed by atoms with Gasteiger partial charge in [-0.15, -0.1) is 0 Å². The topological polar surface area (TPSA) is 58.5 Å². The molecule has 0 unspecified atom stereocenters. The molecule has 0 aromatic heterocycles. The molecule has 3 aliphatic rings. The van der Waals surface area contributed by atoms with E-state index in [9.17, 15) is 9.59 Å². The third-order valence-corrected chi connectivity index (χ3v) is 4.94. The van der Waals surface area contributed by atoms with Gasteiger partial charge in [0.05, 0.1) is 0 Å². The SMILES string of the molecule is CC1(C)CC(=O)CC(=NNC(=O)[C@@H]2CC23CCC3)C1. The highest BCUT2D eigenvalue weighted by molar-refractivity contribution is 6.05. The quantitative estimate of drug-likeness (QED) is 0.777. The van der Waals surface area contributed by atoms with Crippen molar-refractivity contribution in [2.75, 3.05) is 0 Å². The number of Topliss-reactive ketones (excluding diaryl/α,β-unsaturated/α-hetero) is 1. The highest BCUT2D eigenvalue weighted by Crippen LogP contribution is 2.65. The molecule has 4 nitrogen and oxygen atoms in total. The van der Waals surface area contributed by atoms with Crippen molar-refractivity contribution in [1.29, 1.82) is 0 Å². The van der Waals surface area contributed by atoms with Gasteiger partial charge in [-0.3, -0.25) is 9.59 Å². The number of carbonyl (C=O) groups is 2. The predicted octanol–water partition coefficient (Wildman–Crippen LogP) is 2.43. The fourth-order valence-corrected chi connectivity index (χ4v) is 3.69. The molecule has 3 fully saturated rings. The number of hydrogen-bond donors (Lipinski definition) is 1. The second-order valence-electron chi connectivity index (χ2n) is 7.36. The van der Waals surface area contributed by atoms with Gasteiger partial charge in [0, 0.05) is 24.5 Å². The van der Waals surface area contributed by atoms with E-state index in [2.05, 4.69) is 24.4 Å². The van der Waals surface area contributed by atoms with E-state index >= 15 is 0 Å². The lowest BCUT2D eigenvalue weighted by molar-refractivity contribution is -0.124. The summed E-state index contributed by atoms with van der Waals surface area (Å²) in [5.74, 6) is 0.465. The molecule has 19 heavy (non-hydrogen) atoms. The number of ketones is 1. The Hall–Kier alpha value is -1.19. The summed E-state index contributed by atoms with van der Waals surface area (Å²) in [6, 6.07) is 0. The first-order valence-electron chi connectivity index (χ1n) is 7.27. The van der Waals surface area contributed by atoms with Crippen LogP contribution in [0.4, 0.5) is 0 Å².